The van der Waals surface area contributed by atoms with Gasteiger partial charge in [0.25, 0.3) is 0 Å². The predicted octanol–water partition coefficient (Wildman–Crippen LogP) is 1.90. The van der Waals surface area contributed by atoms with Crippen molar-refractivity contribution in [2.75, 3.05) is 20.1 Å². The van der Waals surface area contributed by atoms with Crippen LogP contribution in [0.4, 0.5) is 0 Å². The first-order valence-electron chi connectivity index (χ1n) is 6.61. The van der Waals surface area contributed by atoms with Gasteiger partial charge in [-0.3, -0.25) is 9.88 Å². The lowest BCUT2D eigenvalue weighted by Gasteiger charge is -2.24. The van der Waals surface area contributed by atoms with E-state index < -0.39 is 0 Å². The molecule has 0 saturated heterocycles. The van der Waals surface area contributed by atoms with E-state index in [9.17, 15) is 0 Å². The number of aromatic nitrogens is 1. The summed E-state index contributed by atoms with van der Waals surface area (Å²) in [6.45, 7) is 5.32. The zero-order valence-corrected chi connectivity index (χ0v) is 10.9. The second-order valence-corrected chi connectivity index (χ2v) is 5.02. The minimum Gasteiger partial charge on any atom is -0.313 e. The quantitative estimate of drug-likeness (QED) is 0.779. The normalized spacial score (nSPS) is 17.4. The largest absolute Gasteiger partial charge is 0.313 e. The Kier molecular flexibility index (Phi) is 4.51. The number of rotatable bonds is 7. The molecule has 1 aliphatic carbocycles. The molecule has 17 heavy (non-hydrogen) atoms. The molecule has 3 nitrogen and oxygen atoms in total. The summed E-state index contributed by atoms with van der Waals surface area (Å²) >= 11 is 0. The lowest BCUT2D eigenvalue weighted by atomic mass is 10.1. The van der Waals surface area contributed by atoms with Crippen molar-refractivity contribution >= 4 is 0 Å². The third-order valence-electron chi connectivity index (χ3n) is 3.32. The number of hydrogen-bond acceptors (Lipinski definition) is 3. The second-order valence-electron chi connectivity index (χ2n) is 5.02. The topological polar surface area (TPSA) is 28.2 Å². The summed E-state index contributed by atoms with van der Waals surface area (Å²) in [5, 5.41) is 3.60. The van der Waals surface area contributed by atoms with Gasteiger partial charge in [-0.15, -0.1) is 0 Å². The van der Waals surface area contributed by atoms with Crippen LogP contribution in [0.15, 0.2) is 24.4 Å². The van der Waals surface area contributed by atoms with Gasteiger partial charge in [-0.25, -0.2) is 0 Å². The summed E-state index contributed by atoms with van der Waals surface area (Å²) in [6, 6.07) is 6.78. The van der Waals surface area contributed by atoms with Gasteiger partial charge in [0.05, 0.1) is 5.69 Å². The molecule has 0 aromatic carbocycles. The van der Waals surface area contributed by atoms with Crippen LogP contribution in [0, 0.1) is 5.92 Å². The molecule has 3 heteroatoms. The fourth-order valence-corrected chi connectivity index (χ4v) is 2.31. The van der Waals surface area contributed by atoms with E-state index in [1.165, 1.54) is 12.8 Å². The minimum atomic E-state index is 0.661. The van der Waals surface area contributed by atoms with Crippen LogP contribution in [-0.2, 0) is 6.54 Å². The molecule has 1 saturated carbocycles. The maximum atomic E-state index is 4.37. The molecule has 0 aliphatic heterocycles. The van der Waals surface area contributed by atoms with Gasteiger partial charge >= 0.3 is 0 Å². The maximum Gasteiger partial charge on any atom is 0.0543 e. The molecule has 1 heterocycles. The molecule has 94 valence electrons. The van der Waals surface area contributed by atoms with Gasteiger partial charge in [-0.05, 0) is 44.5 Å². The second kappa shape index (κ2) is 6.12. The Hall–Kier alpha value is -0.930. The van der Waals surface area contributed by atoms with Crippen molar-refractivity contribution < 1.29 is 0 Å². The SMILES string of the molecule is CCNC(CN(C)Cc1ccccn1)C1CC1. The summed E-state index contributed by atoms with van der Waals surface area (Å²) in [5.74, 6) is 0.904. The average molecular weight is 233 g/mol. The van der Waals surface area contributed by atoms with E-state index in [0.29, 0.717) is 6.04 Å². The minimum absolute atomic E-state index is 0.661. The molecule has 1 aromatic heterocycles. The van der Waals surface area contributed by atoms with Crippen LogP contribution in [0.2, 0.25) is 0 Å². The van der Waals surface area contributed by atoms with E-state index in [2.05, 4.69) is 41.3 Å². The third kappa shape index (κ3) is 4.10. The van der Waals surface area contributed by atoms with Crippen LogP contribution in [0.1, 0.15) is 25.5 Å². The standard InChI is InChI=1S/C14H23N3/c1-3-15-14(12-7-8-12)11-17(2)10-13-6-4-5-9-16-13/h4-6,9,12,14-15H,3,7-8,10-11H2,1-2H3. The Labute approximate surface area is 104 Å². The van der Waals surface area contributed by atoms with E-state index in [0.717, 1.165) is 31.2 Å². The maximum absolute atomic E-state index is 4.37. The highest BCUT2D eigenvalue weighted by Gasteiger charge is 2.31. The van der Waals surface area contributed by atoms with Crippen LogP contribution >= 0.6 is 0 Å². The van der Waals surface area contributed by atoms with Crippen molar-refractivity contribution in [3.05, 3.63) is 30.1 Å². The molecule has 0 radical (unpaired) electrons. The molecule has 1 N–H and O–H groups in total. The Morgan fingerprint density at radius 3 is 2.88 bits per heavy atom. The molecule has 1 unspecified atom stereocenters. The summed E-state index contributed by atoms with van der Waals surface area (Å²) < 4.78 is 0. The highest BCUT2D eigenvalue weighted by molar-refractivity contribution is 5.03. The van der Waals surface area contributed by atoms with Crippen molar-refractivity contribution in [2.24, 2.45) is 5.92 Å². The zero-order valence-electron chi connectivity index (χ0n) is 10.9. The van der Waals surface area contributed by atoms with Gasteiger partial charge in [-0.2, -0.15) is 0 Å². The van der Waals surface area contributed by atoms with Gasteiger partial charge in [-0.1, -0.05) is 13.0 Å². The summed E-state index contributed by atoms with van der Waals surface area (Å²) in [4.78, 5) is 6.74. The summed E-state index contributed by atoms with van der Waals surface area (Å²) in [7, 11) is 2.18. The average Bonchev–Trinajstić information content (AvgIpc) is 3.13. The number of nitrogens with zero attached hydrogens (tertiary/aromatic N) is 2. The molecule has 1 fully saturated rings. The Bertz CT molecular complexity index is 321. The van der Waals surface area contributed by atoms with Crippen LogP contribution in [0.3, 0.4) is 0 Å². The molecule has 0 spiro atoms. The lowest BCUT2D eigenvalue weighted by molar-refractivity contribution is 0.266. The monoisotopic (exact) mass is 233 g/mol. The predicted molar refractivity (Wildman–Crippen MR) is 70.8 cm³/mol. The molecular formula is C14H23N3. The number of pyridine rings is 1. The molecule has 1 aliphatic rings. The molecular weight excluding hydrogens is 210 g/mol. The first kappa shape index (κ1) is 12.5. The molecule has 0 amide bonds. The van der Waals surface area contributed by atoms with Crippen LogP contribution in [0.5, 0.6) is 0 Å². The molecule has 2 rings (SSSR count). The highest BCUT2D eigenvalue weighted by atomic mass is 15.1. The Morgan fingerprint density at radius 1 is 1.47 bits per heavy atom. The van der Waals surface area contributed by atoms with E-state index in [1.807, 2.05) is 12.3 Å². The zero-order chi connectivity index (χ0) is 12.1. The van der Waals surface area contributed by atoms with Crippen molar-refractivity contribution in [1.29, 1.82) is 0 Å². The van der Waals surface area contributed by atoms with Crippen molar-refractivity contribution in [2.45, 2.75) is 32.4 Å². The van der Waals surface area contributed by atoms with Crippen molar-refractivity contribution in [3.63, 3.8) is 0 Å². The number of likely N-dealkylation sites (N-methyl/N-ethyl adjacent to an activating group) is 2. The van der Waals surface area contributed by atoms with Gasteiger partial charge in [0.1, 0.15) is 0 Å². The van der Waals surface area contributed by atoms with Crippen LogP contribution < -0.4 is 5.32 Å². The lowest BCUT2D eigenvalue weighted by Crippen LogP contribution is -2.40. The van der Waals surface area contributed by atoms with E-state index in [-0.39, 0.29) is 0 Å². The van der Waals surface area contributed by atoms with Gasteiger partial charge in [0, 0.05) is 25.3 Å². The summed E-state index contributed by atoms with van der Waals surface area (Å²) in [5.41, 5.74) is 1.15. The summed E-state index contributed by atoms with van der Waals surface area (Å²) in [6.07, 6.45) is 4.66. The van der Waals surface area contributed by atoms with Crippen LogP contribution in [-0.4, -0.2) is 36.1 Å². The first-order chi connectivity index (χ1) is 8.29. The smallest absolute Gasteiger partial charge is 0.0543 e. The molecule has 1 aromatic rings. The fraction of sp³-hybridized carbons (Fsp3) is 0.643. The molecule has 1 atom stereocenters. The van der Waals surface area contributed by atoms with Crippen molar-refractivity contribution in [3.8, 4) is 0 Å². The third-order valence-corrected chi connectivity index (χ3v) is 3.32. The van der Waals surface area contributed by atoms with Crippen LogP contribution in [0.25, 0.3) is 0 Å². The van der Waals surface area contributed by atoms with Gasteiger partial charge in [0.2, 0.25) is 0 Å². The Morgan fingerprint density at radius 2 is 2.29 bits per heavy atom. The van der Waals surface area contributed by atoms with E-state index in [4.69, 9.17) is 0 Å². The first-order valence-corrected chi connectivity index (χ1v) is 6.61. The van der Waals surface area contributed by atoms with Gasteiger partial charge < -0.3 is 5.32 Å². The van der Waals surface area contributed by atoms with Crippen molar-refractivity contribution in [1.82, 2.24) is 15.2 Å². The number of hydrogen-bond donors (Lipinski definition) is 1. The number of nitrogens with one attached hydrogen (secondary N) is 1. The van der Waals surface area contributed by atoms with E-state index >= 15 is 0 Å². The van der Waals surface area contributed by atoms with E-state index in [1.54, 1.807) is 0 Å². The highest BCUT2D eigenvalue weighted by Crippen LogP contribution is 2.32. The Balaban J connectivity index is 1.81. The van der Waals surface area contributed by atoms with Gasteiger partial charge in [0.15, 0.2) is 0 Å². The fourth-order valence-electron chi connectivity index (χ4n) is 2.31. The molecule has 0 bridgehead atoms.